The standard InChI is InChI=1S/C21H19FN2O3S/c1-16-9-5-7-13-19(16)23-21(25)15-24(20-14-8-6-12-18(20)22)28(26,27)17-10-3-2-4-11-17/h2-14H,15H2,1H3,(H,23,25). The molecule has 3 aromatic rings. The predicted molar refractivity (Wildman–Crippen MR) is 107 cm³/mol. The van der Waals surface area contributed by atoms with E-state index in [0.29, 0.717) is 5.69 Å². The van der Waals surface area contributed by atoms with Crippen LogP contribution in [0.1, 0.15) is 5.56 Å². The zero-order valence-corrected chi connectivity index (χ0v) is 16.0. The summed E-state index contributed by atoms with van der Waals surface area (Å²) in [5.74, 6) is -1.30. The van der Waals surface area contributed by atoms with Crippen molar-refractivity contribution in [2.24, 2.45) is 0 Å². The van der Waals surface area contributed by atoms with Gasteiger partial charge in [0.2, 0.25) is 5.91 Å². The van der Waals surface area contributed by atoms with Gasteiger partial charge >= 0.3 is 0 Å². The van der Waals surface area contributed by atoms with Gasteiger partial charge in [-0.3, -0.25) is 9.10 Å². The quantitative estimate of drug-likeness (QED) is 0.683. The summed E-state index contributed by atoms with van der Waals surface area (Å²) in [6.45, 7) is 1.26. The van der Waals surface area contributed by atoms with Crippen LogP contribution in [-0.2, 0) is 14.8 Å². The molecule has 0 atom stereocenters. The van der Waals surface area contributed by atoms with Gasteiger partial charge in [0.1, 0.15) is 12.4 Å². The highest BCUT2D eigenvalue weighted by Crippen LogP contribution is 2.26. The molecule has 0 saturated heterocycles. The van der Waals surface area contributed by atoms with Crippen molar-refractivity contribution in [3.63, 3.8) is 0 Å². The topological polar surface area (TPSA) is 66.5 Å². The predicted octanol–water partition coefficient (Wildman–Crippen LogP) is 3.97. The Hall–Kier alpha value is -3.19. The number of hydrogen-bond acceptors (Lipinski definition) is 3. The molecule has 0 aliphatic rings. The van der Waals surface area contributed by atoms with Gasteiger partial charge in [0.05, 0.1) is 10.6 Å². The second-order valence-corrected chi connectivity index (χ2v) is 8.00. The van der Waals surface area contributed by atoms with Crippen LogP contribution < -0.4 is 9.62 Å². The first kappa shape index (κ1) is 19.6. The molecule has 0 aliphatic carbocycles. The van der Waals surface area contributed by atoms with E-state index >= 15 is 0 Å². The summed E-state index contributed by atoms with van der Waals surface area (Å²) in [4.78, 5) is 12.6. The number of sulfonamides is 1. The van der Waals surface area contributed by atoms with Gasteiger partial charge in [-0.2, -0.15) is 0 Å². The summed E-state index contributed by atoms with van der Waals surface area (Å²) in [5, 5.41) is 2.69. The maximum Gasteiger partial charge on any atom is 0.264 e. The van der Waals surface area contributed by atoms with Crippen molar-refractivity contribution in [2.75, 3.05) is 16.2 Å². The Labute approximate surface area is 163 Å². The number of carbonyl (C=O) groups is 1. The largest absolute Gasteiger partial charge is 0.324 e. The Balaban J connectivity index is 1.97. The van der Waals surface area contributed by atoms with Gasteiger partial charge < -0.3 is 5.32 Å². The molecule has 1 amide bonds. The molecule has 144 valence electrons. The number of para-hydroxylation sites is 2. The van der Waals surface area contributed by atoms with Crippen molar-refractivity contribution in [2.45, 2.75) is 11.8 Å². The number of aryl methyl sites for hydroxylation is 1. The lowest BCUT2D eigenvalue weighted by molar-refractivity contribution is -0.114. The average Bonchev–Trinajstić information content (AvgIpc) is 2.69. The maximum absolute atomic E-state index is 14.4. The minimum atomic E-state index is -4.14. The number of anilines is 2. The van der Waals surface area contributed by atoms with E-state index in [1.54, 1.807) is 30.3 Å². The fraction of sp³-hybridized carbons (Fsp3) is 0.0952. The van der Waals surface area contributed by atoms with Crippen LogP contribution in [0.4, 0.5) is 15.8 Å². The number of halogens is 1. The molecule has 0 heterocycles. The Bertz CT molecular complexity index is 1090. The number of hydrogen-bond donors (Lipinski definition) is 1. The third-order valence-electron chi connectivity index (χ3n) is 4.16. The molecule has 1 N–H and O–H groups in total. The molecule has 0 radical (unpaired) electrons. The van der Waals surface area contributed by atoms with E-state index in [0.717, 1.165) is 15.9 Å². The fourth-order valence-electron chi connectivity index (χ4n) is 2.71. The molecular formula is C21H19FN2O3S. The van der Waals surface area contributed by atoms with Gasteiger partial charge in [-0.05, 0) is 42.8 Å². The second kappa shape index (κ2) is 8.22. The number of nitrogens with zero attached hydrogens (tertiary/aromatic N) is 1. The molecule has 0 saturated carbocycles. The number of benzene rings is 3. The monoisotopic (exact) mass is 398 g/mol. The van der Waals surface area contributed by atoms with Crippen LogP contribution in [0.15, 0.2) is 83.8 Å². The molecule has 3 rings (SSSR count). The Morgan fingerprint density at radius 2 is 1.54 bits per heavy atom. The van der Waals surface area contributed by atoms with Crippen molar-refractivity contribution in [3.8, 4) is 0 Å². The number of rotatable bonds is 6. The molecule has 28 heavy (non-hydrogen) atoms. The highest BCUT2D eigenvalue weighted by molar-refractivity contribution is 7.92. The smallest absolute Gasteiger partial charge is 0.264 e. The summed E-state index contributed by atoms with van der Waals surface area (Å²) in [5.41, 5.74) is 1.21. The van der Waals surface area contributed by atoms with Crippen molar-refractivity contribution >= 4 is 27.3 Å². The lowest BCUT2D eigenvalue weighted by atomic mass is 10.2. The van der Waals surface area contributed by atoms with Crippen LogP contribution in [-0.4, -0.2) is 20.9 Å². The van der Waals surface area contributed by atoms with E-state index in [1.807, 2.05) is 19.1 Å². The van der Waals surface area contributed by atoms with Crippen LogP contribution in [0.2, 0.25) is 0 Å². The summed E-state index contributed by atoms with van der Waals surface area (Å²) in [7, 11) is -4.14. The summed E-state index contributed by atoms with van der Waals surface area (Å²) in [6, 6.07) is 20.2. The molecule has 0 spiro atoms. The summed E-state index contributed by atoms with van der Waals surface area (Å²) < 4.78 is 41.4. The van der Waals surface area contributed by atoms with E-state index in [1.165, 1.54) is 30.3 Å². The zero-order chi connectivity index (χ0) is 20.1. The van der Waals surface area contributed by atoms with Crippen LogP contribution in [0.25, 0.3) is 0 Å². The lowest BCUT2D eigenvalue weighted by Gasteiger charge is -2.24. The Morgan fingerprint density at radius 3 is 2.21 bits per heavy atom. The van der Waals surface area contributed by atoms with Crippen LogP contribution in [0.3, 0.4) is 0 Å². The van der Waals surface area contributed by atoms with E-state index in [-0.39, 0.29) is 10.6 Å². The molecule has 3 aromatic carbocycles. The molecule has 7 heteroatoms. The SMILES string of the molecule is Cc1ccccc1NC(=O)CN(c1ccccc1F)S(=O)(=O)c1ccccc1. The maximum atomic E-state index is 14.4. The summed E-state index contributed by atoms with van der Waals surface area (Å²) in [6.07, 6.45) is 0. The molecule has 0 aliphatic heterocycles. The summed E-state index contributed by atoms with van der Waals surface area (Å²) >= 11 is 0. The van der Waals surface area contributed by atoms with Gasteiger partial charge in [-0.15, -0.1) is 0 Å². The first-order valence-corrected chi connectivity index (χ1v) is 10.0. The van der Waals surface area contributed by atoms with Gasteiger partial charge in [0.15, 0.2) is 0 Å². The van der Waals surface area contributed by atoms with E-state index in [9.17, 15) is 17.6 Å². The van der Waals surface area contributed by atoms with Crippen molar-refractivity contribution in [1.82, 2.24) is 0 Å². The molecule has 0 bridgehead atoms. The van der Waals surface area contributed by atoms with Gasteiger partial charge in [0.25, 0.3) is 10.0 Å². The Kier molecular flexibility index (Phi) is 5.75. The third-order valence-corrected chi connectivity index (χ3v) is 5.93. The van der Waals surface area contributed by atoms with E-state index < -0.39 is 28.3 Å². The number of nitrogens with one attached hydrogen (secondary N) is 1. The highest BCUT2D eigenvalue weighted by atomic mass is 32.2. The van der Waals surface area contributed by atoms with Crippen LogP contribution >= 0.6 is 0 Å². The molecular weight excluding hydrogens is 379 g/mol. The highest BCUT2D eigenvalue weighted by Gasteiger charge is 2.29. The van der Waals surface area contributed by atoms with Gasteiger partial charge in [0, 0.05) is 5.69 Å². The molecule has 0 unspecified atom stereocenters. The van der Waals surface area contributed by atoms with Crippen molar-refractivity contribution < 1.29 is 17.6 Å². The van der Waals surface area contributed by atoms with E-state index in [2.05, 4.69) is 5.32 Å². The third kappa shape index (κ3) is 4.20. The lowest BCUT2D eigenvalue weighted by Crippen LogP contribution is -2.38. The first-order valence-electron chi connectivity index (χ1n) is 8.57. The second-order valence-electron chi connectivity index (χ2n) is 6.14. The van der Waals surface area contributed by atoms with Crippen LogP contribution in [0.5, 0.6) is 0 Å². The number of amides is 1. The van der Waals surface area contributed by atoms with Gasteiger partial charge in [-0.1, -0.05) is 48.5 Å². The van der Waals surface area contributed by atoms with Crippen molar-refractivity contribution in [3.05, 3.63) is 90.2 Å². The molecule has 0 fully saturated rings. The molecule has 0 aromatic heterocycles. The minimum Gasteiger partial charge on any atom is -0.324 e. The zero-order valence-electron chi connectivity index (χ0n) is 15.2. The van der Waals surface area contributed by atoms with Crippen LogP contribution in [0, 0.1) is 12.7 Å². The van der Waals surface area contributed by atoms with E-state index in [4.69, 9.17) is 0 Å². The fourth-order valence-corrected chi connectivity index (χ4v) is 4.16. The number of carbonyl (C=O) groups excluding carboxylic acids is 1. The molecule has 5 nitrogen and oxygen atoms in total. The first-order chi connectivity index (χ1) is 13.4. The average molecular weight is 398 g/mol. The van der Waals surface area contributed by atoms with Gasteiger partial charge in [-0.25, -0.2) is 12.8 Å². The minimum absolute atomic E-state index is 0.0260. The normalized spacial score (nSPS) is 11.1. The Morgan fingerprint density at radius 1 is 0.929 bits per heavy atom. The van der Waals surface area contributed by atoms with Crippen molar-refractivity contribution in [1.29, 1.82) is 0 Å².